The molecule has 0 N–H and O–H groups in total. The first-order chi connectivity index (χ1) is 12.8. The van der Waals surface area contributed by atoms with E-state index in [0.717, 1.165) is 27.7 Å². The molecule has 0 aliphatic rings. The quantitative estimate of drug-likeness (QED) is 0.469. The van der Waals surface area contributed by atoms with Gasteiger partial charge in [0.1, 0.15) is 16.4 Å². The number of thioether (sulfide) groups is 1. The first kappa shape index (κ1) is 16.7. The fourth-order valence-electron chi connectivity index (χ4n) is 2.45. The van der Waals surface area contributed by atoms with Gasteiger partial charge in [0.05, 0.1) is 12.8 Å². The van der Waals surface area contributed by atoms with Crippen LogP contribution in [0, 0.1) is 0 Å². The van der Waals surface area contributed by atoms with Crippen LogP contribution in [0.1, 0.15) is 5.69 Å². The maximum atomic E-state index is 5.40. The van der Waals surface area contributed by atoms with E-state index in [4.69, 9.17) is 9.72 Å². The summed E-state index contributed by atoms with van der Waals surface area (Å²) in [4.78, 5) is 4.71. The minimum absolute atomic E-state index is 0.693. The van der Waals surface area contributed by atoms with E-state index < -0.39 is 0 Å². The van der Waals surface area contributed by atoms with Crippen LogP contribution in [0.15, 0.2) is 65.1 Å². The Labute approximate surface area is 158 Å². The fourth-order valence-corrected chi connectivity index (χ4v) is 4.16. The summed E-state index contributed by atoms with van der Waals surface area (Å²) in [6.45, 7) is 0. The van der Waals surface area contributed by atoms with Gasteiger partial charge in [-0.15, -0.1) is 16.4 Å². The maximum absolute atomic E-state index is 5.40. The Bertz CT molecular complexity index is 1000. The van der Waals surface area contributed by atoms with Gasteiger partial charge in [0, 0.05) is 16.7 Å². The molecule has 0 fully saturated rings. The van der Waals surface area contributed by atoms with Crippen molar-refractivity contribution in [2.24, 2.45) is 0 Å². The number of methoxy groups -OCH3 is 1. The molecule has 4 aromatic rings. The summed E-state index contributed by atoms with van der Waals surface area (Å²) < 4.78 is 7.09. The highest BCUT2D eigenvalue weighted by molar-refractivity contribution is 7.98. The van der Waals surface area contributed by atoms with Gasteiger partial charge in [0.15, 0.2) is 0 Å². The second-order valence-corrected chi connectivity index (χ2v) is 7.14. The van der Waals surface area contributed by atoms with Gasteiger partial charge < -0.3 is 4.74 Å². The third-order valence-corrected chi connectivity index (χ3v) is 5.57. The van der Waals surface area contributed by atoms with E-state index in [1.165, 1.54) is 0 Å². The van der Waals surface area contributed by atoms with E-state index in [1.54, 1.807) is 34.9 Å². The number of hydrogen-bond donors (Lipinski definition) is 0. The van der Waals surface area contributed by atoms with Crippen LogP contribution in [-0.2, 0) is 5.75 Å². The zero-order chi connectivity index (χ0) is 17.8. The van der Waals surface area contributed by atoms with Gasteiger partial charge in [-0.25, -0.2) is 4.98 Å². The molecule has 26 heavy (non-hydrogen) atoms. The highest BCUT2D eigenvalue weighted by atomic mass is 32.2. The number of rotatable bonds is 6. The zero-order valence-corrected chi connectivity index (χ0v) is 15.6. The number of para-hydroxylation sites is 2. The summed E-state index contributed by atoms with van der Waals surface area (Å²) in [6, 6.07) is 17.8. The summed E-state index contributed by atoms with van der Waals surface area (Å²) in [7, 11) is 1.64. The molecule has 0 radical (unpaired) electrons. The Morgan fingerprint density at radius 1 is 1.08 bits per heavy atom. The molecule has 0 saturated heterocycles. The third-order valence-electron chi connectivity index (χ3n) is 3.68. The number of thiazole rings is 1. The fraction of sp³-hybridized carbons (Fsp3) is 0.111. The summed E-state index contributed by atoms with van der Waals surface area (Å²) in [6.07, 6.45) is 0. The van der Waals surface area contributed by atoms with E-state index in [0.29, 0.717) is 10.9 Å². The second kappa shape index (κ2) is 7.67. The first-order valence-corrected chi connectivity index (χ1v) is 9.76. The maximum Gasteiger partial charge on any atom is 0.214 e. The van der Waals surface area contributed by atoms with Gasteiger partial charge >= 0.3 is 0 Å². The first-order valence-electron chi connectivity index (χ1n) is 7.89. The van der Waals surface area contributed by atoms with Crippen molar-refractivity contribution in [2.45, 2.75) is 10.9 Å². The van der Waals surface area contributed by atoms with Crippen molar-refractivity contribution in [3.8, 4) is 22.0 Å². The lowest BCUT2D eigenvalue weighted by molar-refractivity contribution is 0.410. The van der Waals surface area contributed by atoms with E-state index in [-0.39, 0.29) is 0 Å². The molecule has 2 aromatic heterocycles. The SMILES string of the molecule is COc1ccccc1-n1nnnc1SCc1csc(-c2ccccc2)n1. The molecular weight excluding hydrogens is 366 g/mol. The van der Waals surface area contributed by atoms with Crippen molar-refractivity contribution in [1.29, 1.82) is 0 Å². The monoisotopic (exact) mass is 381 g/mol. The summed E-state index contributed by atoms with van der Waals surface area (Å²) in [5.74, 6) is 1.42. The molecule has 6 nitrogen and oxygen atoms in total. The molecule has 130 valence electrons. The minimum Gasteiger partial charge on any atom is -0.494 e. The zero-order valence-electron chi connectivity index (χ0n) is 13.9. The van der Waals surface area contributed by atoms with Gasteiger partial charge in [-0.05, 0) is 22.6 Å². The molecule has 8 heteroatoms. The van der Waals surface area contributed by atoms with E-state index >= 15 is 0 Å². The van der Waals surface area contributed by atoms with E-state index in [1.807, 2.05) is 42.5 Å². The Morgan fingerprint density at radius 3 is 2.73 bits per heavy atom. The highest BCUT2D eigenvalue weighted by Gasteiger charge is 2.14. The lowest BCUT2D eigenvalue weighted by atomic mass is 10.2. The Hall–Kier alpha value is -2.71. The number of ether oxygens (including phenoxy) is 1. The molecule has 0 aliphatic heterocycles. The van der Waals surface area contributed by atoms with Crippen molar-refractivity contribution in [3.05, 3.63) is 65.7 Å². The molecule has 0 saturated carbocycles. The number of tetrazole rings is 1. The predicted octanol–water partition coefficient (Wildman–Crippen LogP) is 4.09. The number of aromatic nitrogens is 5. The molecule has 0 amide bonds. The lowest BCUT2D eigenvalue weighted by Crippen LogP contribution is -2.01. The largest absolute Gasteiger partial charge is 0.494 e. The van der Waals surface area contributed by atoms with Crippen LogP contribution in [0.2, 0.25) is 0 Å². The highest BCUT2D eigenvalue weighted by Crippen LogP contribution is 2.29. The van der Waals surface area contributed by atoms with Crippen LogP contribution >= 0.6 is 23.1 Å². The average Bonchev–Trinajstić information content (AvgIpc) is 3.36. The molecule has 0 bridgehead atoms. The molecule has 0 aliphatic carbocycles. The normalized spacial score (nSPS) is 10.8. The minimum atomic E-state index is 0.693. The molecule has 0 atom stereocenters. The van der Waals surface area contributed by atoms with Crippen LogP contribution in [0.3, 0.4) is 0 Å². The van der Waals surface area contributed by atoms with Crippen LogP contribution in [-0.4, -0.2) is 32.3 Å². The van der Waals surface area contributed by atoms with Crippen molar-refractivity contribution in [1.82, 2.24) is 25.2 Å². The van der Waals surface area contributed by atoms with Crippen LogP contribution in [0.5, 0.6) is 5.75 Å². The molecule has 4 rings (SSSR count). The van der Waals surface area contributed by atoms with Crippen LogP contribution in [0.4, 0.5) is 0 Å². The van der Waals surface area contributed by atoms with Gasteiger partial charge in [-0.2, -0.15) is 4.68 Å². The topological polar surface area (TPSA) is 65.7 Å². The molecule has 0 spiro atoms. The second-order valence-electron chi connectivity index (χ2n) is 5.34. The Kier molecular flexibility index (Phi) is 4.94. The van der Waals surface area contributed by atoms with Crippen LogP contribution < -0.4 is 4.74 Å². The van der Waals surface area contributed by atoms with Gasteiger partial charge in [-0.3, -0.25) is 0 Å². The van der Waals surface area contributed by atoms with Crippen molar-refractivity contribution >= 4 is 23.1 Å². The van der Waals surface area contributed by atoms with Gasteiger partial charge in [0.2, 0.25) is 5.16 Å². The molecule has 2 aromatic carbocycles. The Balaban J connectivity index is 1.52. The predicted molar refractivity (Wildman–Crippen MR) is 103 cm³/mol. The van der Waals surface area contributed by atoms with E-state index in [2.05, 4.69) is 33.0 Å². The van der Waals surface area contributed by atoms with Crippen LogP contribution in [0.25, 0.3) is 16.3 Å². The van der Waals surface area contributed by atoms with Crippen molar-refractivity contribution < 1.29 is 4.74 Å². The lowest BCUT2D eigenvalue weighted by Gasteiger charge is -2.08. The Morgan fingerprint density at radius 2 is 1.88 bits per heavy atom. The van der Waals surface area contributed by atoms with Crippen molar-refractivity contribution in [2.75, 3.05) is 7.11 Å². The molecular formula is C18H15N5OS2. The summed E-state index contributed by atoms with van der Waals surface area (Å²) in [5, 5.41) is 15.8. The average molecular weight is 381 g/mol. The van der Waals surface area contributed by atoms with Gasteiger partial charge in [-0.1, -0.05) is 54.2 Å². The third kappa shape index (κ3) is 3.47. The van der Waals surface area contributed by atoms with E-state index in [9.17, 15) is 0 Å². The molecule has 2 heterocycles. The standard InChI is InChI=1S/C18H15N5OS2/c1-24-16-10-6-5-9-15(16)23-18(20-21-22-23)26-12-14-11-25-17(19-14)13-7-3-2-4-8-13/h2-11H,12H2,1H3. The molecule has 0 unspecified atom stereocenters. The number of nitrogens with zero attached hydrogens (tertiary/aromatic N) is 5. The summed E-state index contributed by atoms with van der Waals surface area (Å²) >= 11 is 3.19. The van der Waals surface area contributed by atoms with Gasteiger partial charge in [0.25, 0.3) is 0 Å². The van der Waals surface area contributed by atoms with Crippen molar-refractivity contribution in [3.63, 3.8) is 0 Å². The number of benzene rings is 2. The smallest absolute Gasteiger partial charge is 0.214 e. The summed E-state index contributed by atoms with van der Waals surface area (Å²) in [5.41, 5.74) is 2.95. The number of hydrogen-bond acceptors (Lipinski definition) is 7.